The second kappa shape index (κ2) is 17.2. The van der Waals surface area contributed by atoms with E-state index in [4.69, 9.17) is 26.4 Å². The van der Waals surface area contributed by atoms with Crippen LogP contribution in [0.4, 0.5) is 5.69 Å². The number of thioether (sulfide) groups is 2. The molecule has 0 atom stereocenters. The minimum absolute atomic E-state index is 0.00499. The molecule has 2 aromatic heterocycles. The van der Waals surface area contributed by atoms with Crippen molar-refractivity contribution >= 4 is 75.4 Å². The lowest BCUT2D eigenvalue weighted by Crippen LogP contribution is -2.23. The number of nitrogen functional groups attached to an aromatic ring is 1. The number of hydrogen-bond donors (Lipinski definition) is 5. The van der Waals surface area contributed by atoms with Gasteiger partial charge in [0, 0.05) is 10.9 Å². The van der Waals surface area contributed by atoms with Crippen LogP contribution in [0.2, 0.25) is 0 Å². The Balaban J connectivity index is 0.000000236. The number of nitrogens with one attached hydrogen (secondary N) is 3. The van der Waals surface area contributed by atoms with Gasteiger partial charge in [0.2, 0.25) is 0 Å². The summed E-state index contributed by atoms with van der Waals surface area (Å²) in [7, 11) is 0. The van der Waals surface area contributed by atoms with E-state index in [2.05, 4.69) is 15.8 Å². The van der Waals surface area contributed by atoms with Crippen molar-refractivity contribution < 1.29 is 19.1 Å². The number of rotatable bonds is 12. The zero-order valence-electron chi connectivity index (χ0n) is 23.7. The molecule has 10 nitrogen and oxygen atoms in total. The summed E-state index contributed by atoms with van der Waals surface area (Å²) >= 11 is 5.96. The highest BCUT2D eigenvalue weighted by atomic mass is 32.2. The summed E-state index contributed by atoms with van der Waals surface area (Å²) in [6, 6.07) is 19.9. The molecular formula is C29H32N6O4S4. The van der Waals surface area contributed by atoms with Crippen LogP contribution in [0.25, 0.3) is 0 Å². The van der Waals surface area contributed by atoms with Gasteiger partial charge in [0.15, 0.2) is 12.4 Å². The molecule has 226 valence electrons. The van der Waals surface area contributed by atoms with E-state index in [0.29, 0.717) is 34.3 Å². The molecule has 0 fully saturated rings. The third-order valence-corrected chi connectivity index (χ3v) is 9.49. The van der Waals surface area contributed by atoms with Crippen molar-refractivity contribution in [3.05, 3.63) is 87.4 Å². The van der Waals surface area contributed by atoms with Crippen molar-refractivity contribution in [3.8, 4) is 11.5 Å². The quantitative estimate of drug-likeness (QED) is 0.0562. The van der Waals surface area contributed by atoms with Gasteiger partial charge in [-0.05, 0) is 68.0 Å². The zero-order valence-corrected chi connectivity index (χ0v) is 27.0. The molecule has 0 unspecified atom stereocenters. The van der Waals surface area contributed by atoms with E-state index in [1.807, 2.05) is 49.8 Å². The highest BCUT2D eigenvalue weighted by Crippen LogP contribution is 2.34. The van der Waals surface area contributed by atoms with Crippen molar-refractivity contribution in [1.29, 1.82) is 5.41 Å². The zero-order chi connectivity index (χ0) is 31.2. The summed E-state index contributed by atoms with van der Waals surface area (Å²) in [5, 5.41) is 16.0. The van der Waals surface area contributed by atoms with E-state index < -0.39 is 0 Å². The maximum absolute atomic E-state index is 12.0. The summed E-state index contributed by atoms with van der Waals surface area (Å²) in [5.41, 5.74) is 15.0. The predicted molar refractivity (Wildman–Crippen MR) is 180 cm³/mol. The van der Waals surface area contributed by atoms with Crippen LogP contribution in [0, 0.1) is 5.41 Å². The van der Waals surface area contributed by atoms with Gasteiger partial charge in [-0.3, -0.25) is 15.0 Å². The Morgan fingerprint density at radius 1 is 0.953 bits per heavy atom. The van der Waals surface area contributed by atoms with Crippen molar-refractivity contribution in [3.63, 3.8) is 0 Å². The molecular weight excluding hydrogens is 625 g/mol. The lowest BCUT2D eigenvalue weighted by atomic mass is 10.2. The number of hydrogen-bond acceptors (Lipinski definition) is 10. The normalized spacial score (nSPS) is 10.7. The minimum atomic E-state index is -0.312. The van der Waals surface area contributed by atoms with Crippen LogP contribution in [0.1, 0.15) is 27.0 Å². The second-order valence-electron chi connectivity index (χ2n) is 8.29. The first-order chi connectivity index (χ1) is 20.7. The third kappa shape index (κ3) is 10.4. The number of ether oxygens (including phenoxy) is 2. The lowest BCUT2D eigenvalue weighted by Gasteiger charge is -2.08. The molecule has 0 aliphatic rings. The fourth-order valence-electron chi connectivity index (χ4n) is 3.34. The number of amidine groups is 2. The molecule has 7 N–H and O–H groups in total. The second-order valence-corrected chi connectivity index (χ2v) is 12.2. The average Bonchev–Trinajstić information content (AvgIpc) is 3.67. The fourth-order valence-corrected chi connectivity index (χ4v) is 6.64. The molecule has 43 heavy (non-hydrogen) atoms. The third-order valence-electron chi connectivity index (χ3n) is 5.32. The van der Waals surface area contributed by atoms with Gasteiger partial charge in [-0.2, -0.15) is 5.10 Å². The smallest absolute Gasteiger partial charge is 0.271 e. The number of thiophene rings is 2. The van der Waals surface area contributed by atoms with E-state index in [-0.39, 0.29) is 24.3 Å². The number of nitrogens with two attached hydrogens (primary N) is 2. The first kappa shape index (κ1) is 33.5. The Labute approximate surface area is 266 Å². The average molecular weight is 657 g/mol. The molecule has 2 heterocycles. The molecule has 0 aliphatic carbocycles. The van der Waals surface area contributed by atoms with Crippen LogP contribution < -0.4 is 31.7 Å². The van der Waals surface area contributed by atoms with Crippen LogP contribution in [0.15, 0.2) is 86.3 Å². The fraction of sp³-hybridized carbons (Fsp3) is 0.172. The standard InChI is InChI=1S/C15H17N3O2S2.C14H15N3O2S2/c1-3-20-11-6-4-10(5-7-11)15(19)18-17-14(16)12-8-9-13(21-2)22-12;1-20-12-10(8-21-13(12)14(15)16)17-11(18)7-19-9-5-3-2-4-6-9/h4-9H,3H2,1-2H3,(H2,16,17)(H,18,19);2-6,8H,7H2,1H3,(H3,15,16)(H,17,18). The SMILES string of the molecule is CCOc1ccc(C(=O)NN=C(N)c2ccc(SC)s2)cc1.CSc1c(NC(=O)COc2ccccc2)csc1C(=N)N. The molecule has 0 spiro atoms. The first-order valence-corrected chi connectivity index (χ1v) is 16.9. The molecule has 2 amide bonds. The summed E-state index contributed by atoms with van der Waals surface area (Å²) in [5.74, 6) is 1.11. The Morgan fingerprint density at radius 2 is 1.65 bits per heavy atom. The van der Waals surface area contributed by atoms with Crippen LogP contribution in [0.5, 0.6) is 11.5 Å². The molecule has 0 radical (unpaired) electrons. The first-order valence-electron chi connectivity index (χ1n) is 12.7. The molecule has 4 rings (SSSR count). The number of amides is 2. The minimum Gasteiger partial charge on any atom is -0.494 e. The Kier molecular flexibility index (Phi) is 13.4. The van der Waals surface area contributed by atoms with Crippen LogP contribution in [-0.4, -0.2) is 49.2 Å². The monoisotopic (exact) mass is 656 g/mol. The largest absolute Gasteiger partial charge is 0.494 e. The molecule has 0 aliphatic heterocycles. The van der Waals surface area contributed by atoms with Crippen molar-refractivity contribution in [1.82, 2.24) is 5.43 Å². The van der Waals surface area contributed by atoms with Gasteiger partial charge in [0.05, 0.1) is 31.2 Å². The molecule has 0 saturated heterocycles. The van der Waals surface area contributed by atoms with Gasteiger partial charge in [0.25, 0.3) is 11.8 Å². The number of para-hydroxylation sites is 1. The van der Waals surface area contributed by atoms with E-state index in [1.54, 1.807) is 53.5 Å². The topological polar surface area (TPSA) is 165 Å². The predicted octanol–water partition coefficient (Wildman–Crippen LogP) is 5.69. The molecule has 2 aromatic carbocycles. The van der Waals surface area contributed by atoms with Crippen molar-refractivity contribution in [2.45, 2.75) is 16.0 Å². The number of benzene rings is 2. The number of carbonyl (C=O) groups excluding carboxylic acids is 2. The number of carbonyl (C=O) groups is 2. The summed E-state index contributed by atoms with van der Waals surface area (Å²) in [6.07, 6.45) is 3.88. The molecule has 14 heteroatoms. The van der Waals surface area contributed by atoms with Gasteiger partial charge in [-0.1, -0.05) is 18.2 Å². The van der Waals surface area contributed by atoms with Gasteiger partial charge in [-0.25, -0.2) is 5.43 Å². The highest BCUT2D eigenvalue weighted by Gasteiger charge is 2.15. The maximum atomic E-state index is 12.0. The maximum Gasteiger partial charge on any atom is 0.271 e. The van der Waals surface area contributed by atoms with Crippen molar-refractivity contribution in [2.75, 3.05) is 31.0 Å². The summed E-state index contributed by atoms with van der Waals surface area (Å²) < 4.78 is 11.9. The highest BCUT2D eigenvalue weighted by molar-refractivity contribution is 8.00. The lowest BCUT2D eigenvalue weighted by molar-refractivity contribution is -0.118. The van der Waals surface area contributed by atoms with Gasteiger partial charge in [0.1, 0.15) is 17.3 Å². The van der Waals surface area contributed by atoms with E-state index in [0.717, 1.165) is 19.7 Å². The number of nitrogens with zero attached hydrogens (tertiary/aromatic N) is 1. The van der Waals surface area contributed by atoms with E-state index >= 15 is 0 Å². The van der Waals surface area contributed by atoms with Gasteiger partial charge < -0.3 is 26.3 Å². The van der Waals surface area contributed by atoms with Gasteiger partial charge in [-0.15, -0.1) is 46.2 Å². The molecule has 0 saturated carbocycles. The van der Waals surface area contributed by atoms with E-state index in [1.165, 1.54) is 34.4 Å². The van der Waals surface area contributed by atoms with Gasteiger partial charge >= 0.3 is 0 Å². The van der Waals surface area contributed by atoms with Crippen LogP contribution >= 0.6 is 46.2 Å². The van der Waals surface area contributed by atoms with Crippen LogP contribution in [-0.2, 0) is 4.79 Å². The summed E-state index contributed by atoms with van der Waals surface area (Å²) in [4.78, 5) is 26.2. The van der Waals surface area contributed by atoms with Crippen LogP contribution in [0.3, 0.4) is 0 Å². The number of hydrazone groups is 1. The number of anilines is 1. The Morgan fingerprint density at radius 3 is 2.26 bits per heavy atom. The summed E-state index contributed by atoms with van der Waals surface area (Å²) in [6.45, 7) is 2.43. The Bertz CT molecular complexity index is 1540. The Hall–Kier alpha value is -3.98. The molecule has 0 bridgehead atoms. The molecule has 4 aromatic rings. The van der Waals surface area contributed by atoms with Crippen molar-refractivity contribution in [2.24, 2.45) is 16.6 Å². The van der Waals surface area contributed by atoms with E-state index in [9.17, 15) is 9.59 Å².